The van der Waals surface area contributed by atoms with Crippen LogP contribution >= 0.6 is 11.8 Å². The molecule has 23 heavy (non-hydrogen) atoms. The number of ketones is 1. The number of benzene rings is 2. The molecule has 1 nitrogen and oxygen atoms in total. The van der Waals surface area contributed by atoms with Gasteiger partial charge in [-0.2, -0.15) is 0 Å². The fraction of sp³-hybridized carbons (Fsp3) is 0.286. The first-order valence-corrected chi connectivity index (χ1v) is 9.25. The molecule has 0 bridgehead atoms. The summed E-state index contributed by atoms with van der Waals surface area (Å²) in [5.74, 6) is 1.09. The van der Waals surface area contributed by atoms with Gasteiger partial charge in [-0.3, -0.25) is 4.79 Å². The lowest BCUT2D eigenvalue weighted by Crippen LogP contribution is -1.93. The molecular formula is C21H24OS. The van der Waals surface area contributed by atoms with Crippen molar-refractivity contribution in [3.8, 4) is 0 Å². The molecule has 0 fully saturated rings. The normalized spacial score (nSPS) is 11.0. The third-order valence-electron chi connectivity index (χ3n) is 3.68. The predicted molar refractivity (Wildman–Crippen MR) is 101 cm³/mol. The first kappa shape index (κ1) is 17.6. The summed E-state index contributed by atoms with van der Waals surface area (Å²) in [4.78, 5) is 13.4. The molecule has 2 aromatic rings. The first-order valence-electron chi connectivity index (χ1n) is 8.27. The first-order chi connectivity index (χ1) is 11.2. The number of carbonyl (C=O) groups excluding carboxylic acids is 1. The molecule has 0 saturated heterocycles. The monoisotopic (exact) mass is 324 g/mol. The highest BCUT2D eigenvalue weighted by atomic mass is 32.2. The van der Waals surface area contributed by atoms with Gasteiger partial charge in [0.2, 0.25) is 0 Å². The van der Waals surface area contributed by atoms with E-state index in [0.29, 0.717) is 0 Å². The topological polar surface area (TPSA) is 17.1 Å². The Kier molecular flexibility index (Phi) is 7.15. The highest BCUT2D eigenvalue weighted by Gasteiger charge is 2.02. The molecule has 0 atom stereocenters. The van der Waals surface area contributed by atoms with Crippen molar-refractivity contribution in [1.29, 1.82) is 0 Å². The second-order valence-electron chi connectivity index (χ2n) is 5.50. The molecule has 0 aliphatic rings. The van der Waals surface area contributed by atoms with Crippen LogP contribution in [0, 0.1) is 0 Å². The number of unbranched alkanes of at least 4 members (excludes halogenated alkanes) is 1. The fourth-order valence-corrected chi connectivity index (χ4v) is 2.99. The summed E-state index contributed by atoms with van der Waals surface area (Å²) in [5, 5.41) is 0. The van der Waals surface area contributed by atoms with Crippen LogP contribution in [0.4, 0.5) is 0 Å². The zero-order chi connectivity index (χ0) is 16.5. The van der Waals surface area contributed by atoms with Crippen LogP contribution < -0.4 is 0 Å². The maximum atomic E-state index is 12.2. The van der Waals surface area contributed by atoms with Crippen molar-refractivity contribution in [3.05, 3.63) is 71.3 Å². The van der Waals surface area contributed by atoms with Gasteiger partial charge >= 0.3 is 0 Å². The van der Waals surface area contributed by atoms with E-state index in [1.54, 1.807) is 17.8 Å². The van der Waals surface area contributed by atoms with Gasteiger partial charge in [0.05, 0.1) is 0 Å². The maximum Gasteiger partial charge on any atom is 0.185 e. The molecule has 2 heteroatoms. The molecule has 0 aliphatic heterocycles. The Morgan fingerprint density at radius 3 is 2.30 bits per heavy atom. The summed E-state index contributed by atoms with van der Waals surface area (Å²) in [6.07, 6.45) is 7.11. The van der Waals surface area contributed by atoms with Crippen molar-refractivity contribution in [3.63, 3.8) is 0 Å². The molecule has 0 unspecified atom stereocenters. The summed E-state index contributed by atoms with van der Waals surface area (Å²) in [6.45, 7) is 4.33. The van der Waals surface area contributed by atoms with Gasteiger partial charge in [-0.1, -0.05) is 50.6 Å². The van der Waals surface area contributed by atoms with Crippen molar-refractivity contribution < 1.29 is 4.79 Å². The fourth-order valence-electron chi connectivity index (χ4n) is 2.33. The van der Waals surface area contributed by atoms with Crippen LogP contribution in [0.15, 0.2) is 59.5 Å². The predicted octanol–water partition coefficient (Wildman–Crippen LogP) is 6.04. The van der Waals surface area contributed by atoms with E-state index in [9.17, 15) is 4.79 Å². The molecule has 2 aromatic carbocycles. The molecule has 0 saturated carbocycles. The average molecular weight is 324 g/mol. The summed E-state index contributed by atoms with van der Waals surface area (Å²) in [6, 6.07) is 16.3. The minimum absolute atomic E-state index is 0.0492. The maximum absolute atomic E-state index is 12.2. The van der Waals surface area contributed by atoms with E-state index in [0.717, 1.165) is 23.3 Å². The van der Waals surface area contributed by atoms with Crippen molar-refractivity contribution >= 4 is 23.6 Å². The van der Waals surface area contributed by atoms with Gasteiger partial charge < -0.3 is 0 Å². The quantitative estimate of drug-likeness (QED) is 0.334. The Bertz CT molecular complexity index is 639. The second-order valence-corrected chi connectivity index (χ2v) is 6.84. The molecule has 0 radical (unpaired) electrons. The lowest BCUT2D eigenvalue weighted by Gasteiger charge is -2.01. The molecule has 0 heterocycles. The highest BCUT2D eigenvalue weighted by Crippen LogP contribution is 2.18. The van der Waals surface area contributed by atoms with E-state index in [1.807, 2.05) is 30.3 Å². The van der Waals surface area contributed by atoms with Crippen molar-refractivity contribution in [2.45, 2.75) is 38.0 Å². The molecule has 0 spiro atoms. The van der Waals surface area contributed by atoms with Crippen molar-refractivity contribution in [2.24, 2.45) is 0 Å². The van der Waals surface area contributed by atoms with E-state index in [2.05, 4.69) is 38.1 Å². The number of thioether (sulfide) groups is 1. The van der Waals surface area contributed by atoms with E-state index < -0.39 is 0 Å². The Balaban J connectivity index is 1.97. The summed E-state index contributed by atoms with van der Waals surface area (Å²) in [7, 11) is 0. The van der Waals surface area contributed by atoms with Gasteiger partial charge in [-0.05, 0) is 60.1 Å². The van der Waals surface area contributed by atoms with E-state index in [-0.39, 0.29) is 5.78 Å². The van der Waals surface area contributed by atoms with Crippen LogP contribution in [0.3, 0.4) is 0 Å². The van der Waals surface area contributed by atoms with Crippen LogP contribution in [0.25, 0.3) is 6.08 Å². The van der Waals surface area contributed by atoms with Crippen LogP contribution in [0.2, 0.25) is 0 Å². The molecule has 120 valence electrons. The van der Waals surface area contributed by atoms with E-state index >= 15 is 0 Å². The third kappa shape index (κ3) is 5.72. The third-order valence-corrected chi connectivity index (χ3v) is 4.57. The van der Waals surface area contributed by atoms with Gasteiger partial charge in [0, 0.05) is 10.5 Å². The molecule has 0 aromatic heterocycles. The van der Waals surface area contributed by atoms with E-state index in [1.165, 1.54) is 23.3 Å². The summed E-state index contributed by atoms with van der Waals surface area (Å²) in [5.41, 5.74) is 3.16. The van der Waals surface area contributed by atoms with Gasteiger partial charge in [-0.25, -0.2) is 0 Å². The molecule has 0 N–H and O–H groups in total. The standard InChI is InChI=1S/C21H24OS/c1-3-5-6-17-7-9-18(10-8-17)11-16-21(22)19-12-14-20(15-13-19)23-4-2/h7-16H,3-6H2,1-2H3/b16-11+. The number of hydrogen-bond donors (Lipinski definition) is 0. The number of rotatable bonds is 8. The van der Waals surface area contributed by atoms with E-state index in [4.69, 9.17) is 0 Å². The average Bonchev–Trinajstić information content (AvgIpc) is 2.59. The minimum Gasteiger partial charge on any atom is -0.289 e. The highest BCUT2D eigenvalue weighted by molar-refractivity contribution is 7.99. The number of aryl methyl sites for hydroxylation is 1. The van der Waals surface area contributed by atoms with Crippen LogP contribution in [-0.2, 0) is 6.42 Å². The molecule has 2 rings (SSSR count). The Morgan fingerprint density at radius 1 is 1.00 bits per heavy atom. The zero-order valence-corrected chi connectivity index (χ0v) is 14.7. The Morgan fingerprint density at radius 2 is 1.70 bits per heavy atom. The summed E-state index contributed by atoms with van der Waals surface area (Å²) >= 11 is 1.78. The van der Waals surface area contributed by atoms with Crippen molar-refractivity contribution in [1.82, 2.24) is 0 Å². The largest absolute Gasteiger partial charge is 0.289 e. The second kappa shape index (κ2) is 9.36. The number of hydrogen-bond acceptors (Lipinski definition) is 2. The lowest BCUT2D eigenvalue weighted by atomic mass is 10.1. The lowest BCUT2D eigenvalue weighted by molar-refractivity contribution is 0.104. The number of allylic oxidation sites excluding steroid dienone is 1. The van der Waals surface area contributed by atoms with Crippen molar-refractivity contribution in [2.75, 3.05) is 5.75 Å². The van der Waals surface area contributed by atoms with Gasteiger partial charge in [0.25, 0.3) is 0 Å². The van der Waals surface area contributed by atoms with Crippen LogP contribution in [-0.4, -0.2) is 11.5 Å². The van der Waals surface area contributed by atoms with Crippen LogP contribution in [0.5, 0.6) is 0 Å². The Labute approximate surface area is 143 Å². The Hall–Kier alpha value is -1.80. The SMILES string of the molecule is CCCCc1ccc(/C=C/C(=O)c2ccc(SCC)cc2)cc1. The number of carbonyl (C=O) groups is 1. The molecule has 0 amide bonds. The zero-order valence-electron chi connectivity index (χ0n) is 13.9. The van der Waals surface area contributed by atoms with Crippen LogP contribution in [0.1, 0.15) is 48.2 Å². The summed E-state index contributed by atoms with van der Waals surface area (Å²) < 4.78 is 0. The van der Waals surface area contributed by atoms with Gasteiger partial charge in [0.1, 0.15) is 0 Å². The molecule has 0 aliphatic carbocycles. The molecular weight excluding hydrogens is 300 g/mol. The van der Waals surface area contributed by atoms with Gasteiger partial charge in [0.15, 0.2) is 5.78 Å². The minimum atomic E-state index is 0.0492. The van der Waals surface area contributed by atoms with Gasteiger partial charge in [-0.15, -0.1) is 11.8 Å². The smallest absolute Gasteiger partial charge is 0.185 e.